The molecule has 0 bridgehead atoms. The minimum absolute atomic E-state index is 0.00943. The summed E-state index contributed by atoms with van der Waals surface area (Å²) in [6.45, 7) is 7.94. The molecule has 27 heavy (non-hydrogen) atoms. The molecule has 1 heterocycles. The SMILES string of the molecule is CC(=O)c1c(C)[nH]c(C(=O)[C@@H](C)[NH+](C)Cc2ccc3ccccc3c2)c1C. The van der Waals surface area contributed by atoms with Crippen LogP contribution in [0.3, 0.4) is 0 Å². The molecule has 0 fully saturated rings. The predicted octanol–water partition coefficient (Wildman–Crippen LogP) is 3.27. The van der Waals surface area contributed by atoms with Crippen LogP contribution in [0.4, 0.5) is 0 Å². The number of aromatic amines is 1. The minimum Gasteiger partial charge on any atom is -0.355 e. The third kappa shape index (κ3) is 3.71. The molecule has 0 radical (unpaired) electrons. The standard InChI is InChI=1S/C23H26N2O2/c1-14-21(17(4)26)15(2)24-22(14)23(27)16(3)25(5)13-18-10-11-19-8-6-7-9-20(19)12-18/h6-12,16,24H,13H2,1-5H3/p+1/t16-/m1/s1. The molecule has 0 spiro atoms. The van der Waals surface area contributed by atoms with Gasteiger partial charge in [0.05, 0.1) is 12.7 Å². The summed E-state index contributed by atoms with van der Waals surface area (Å²) >= 11 is 0. The number of quaternary nitrogens is 1. The highest BCUT2D eigenvalue weighted by molar-refractivity contribution is 6.04. The maximum Gasteiger partial charge on any atom is 0.235 e. The maximum atomic E-state index is 13.0. The van der Waals surface area contributed by atoms with Crippen molar-refractivity contribution in [2.75, 3.05) is 7.05 Å². The Morgan fingerprint density at radius 2 is 1.74 bits per heavy atom. The molecule has 3 aromatic rings. The van der Waals surface area contributed by atoms with Gasteiger partial charge in [0.1, 0.15) is 6.54 Å². The van der Waals surface area contributed by atoms with Gasteiger partial charge in [0.15, 0.2) is 11.8 Å². The van der Waals surface area contributed by atoms with Crippen molar-refractivity contribution in [3.05, 3.63) is 70.5 Å². The van der Waals surface area contributed by atoms with Crippen molar-refractivity contribution in [2.45, 2.75) is 40.3 Å². The summed E-state index contributed by atoms with van der Waals surface area (Å²) in [5, 5.41) is 2.43. The molecule has 0 aliphatic heterocycles. The molecule has 0 saturated heterocycles. The lowest BCUT2D eigenvalue weighted by molar-refractivity contribution is -0.907. The van der Waals surface area contributed by atoms with Crippen LogP contribution in [0.25, 0.3) is 10.8 Å². The van der Waals surface area contributed by atoms with E-state index in [1.54, 1.807) is 0 Å². The highest BCUT2D eigenvalue weighted by atomic mass is 16.1. The molecule has 0 amide bonds. The zero-order valence-corrected chi connectivity index (χ0v) is 16.6. The molecule has 4 nitrogen and oxygen atoms in total. The molecule has 2 N–H and O–H groups in total. The Morgan fingerprint density at radius 3 is 2.37 bits per heavy atom. The number of likely N-dealkylation sites (N-methyl/N-ethyl adjacent to an activating group) is 1. The molecule has 0 saturated carbocycles. The van der Waals surface area contributed by atoms with Gasteiger partial charge in [-0.3, -0.25) is 9.59 Å². The number of rotatable bonds is 6. The van der Waals surface area contributed by atoms with Gasteiger partial charge < -0.3 is 9.88 Å². The average molecular weight is 363 g/mol. The van der Waals surface area contributed by atoms with Crippen LogP contribution in [0.2, 0.25) is 0 Å². The van der Waals surface area contributed by atoms with E-state index in [4.69, 9.17) is 0 Å². The summed E-state index contributed by atoms with van der Waals surface area (Å²) in [6.07, 6.45) is 0. The first-order valence-electron chi connectivity index (χ1n) is 9.34. The van der Waals surface area contributed by atoms with E-state index in [1.807, 2.05) is 40.0 Å². The Balaban J connectivity index is 1.80. The summed E-state index contributed by atoms with van der Waals surface area (Å²) < 4.78 is 0. The van der Waals surface area contributed by atoms with Gasteiger partial charge in [-0.05, 0) is 50.1 Å². The lowest BCUT2D eigenvalue weighted by atomic mass is 10.0. The molecule has 0 aliphatic carbocycles. The van der Waals surface area contributed by atoms with Crippen molar-refractivity contribution >= 4 is 22.3 Å². The van der Waals surface area contributed by atoms with Crippen LogP contribution < -0.4 is 4.90 Å². The number of aryl methyl sites for hydroxylation is 1. The van der Waals surface area contributed by atoms with Crippen LogP contribution in [0.5, 0.6) is 0 Å². The van der Waals surface area contributed by atoms with Crippen LogP contribution in [-0.2, 0) is 6.54 Å². The zero-order valence-electron chi connectivity index (χ0n) is 16.6. The second-order valence-corrected chi connectivity index (χ2v) is 7.47. The highest BCUT2D eigenvalue weighted by Crippen LogP contribution is 2.19. The smallest absolute Gasteiger partial charge is 0.235 e. The van der Waals surface area contributed by atoms with Crippen LogP contribution in [-0.4, -0.2) is 29.6 Å². The fourth-order valence-electron chi connectivity index (χ4n) is 3.79. The zero-order chi connectivity index (χ0) is 19.7. The lowest BCUT2D eigenvalue weighted by Crippen LogP contribution is -3.12. The van der Waals surface area contributed by atoms with Crippen molar-refractivity contribution < 1.29 is 14.5 Å². The monoisotopic (exact) mass is 363 g/mol. The largest absolute Gasteiger partial charge is 0.355 e. The lowest BCUT2D eigenvalue weighted by Gasteiger charge is -2.21. The number of H-pyrrole nitrogens is 1. The second-order valence-electron chi connectivity index (χ2n) is 7.47. The molecule has 2 atom stereocenters. The predicted molar refractivity (Wildman–Crippen MR) is 109 cm³/mol. The van der Waals surface area contributed by atoms with Gasteiger partial charge in [0.25, 0.3) is 0 Å². The third-order valence-electron chi connectivity index (χ3n) is 5.47. The molecular weight excluding hydrogens is 336 g/mol. The molecule has 2 aromatic carbocycles. The molecule has 1 aromatic heterocycles. The quantitative estimate of drug-likeness (QED) is 0.661. The van der Waals surface area contributed by atoms with Gasteiger partial charge in [-0.15, -0.1) is 0 Å². The summed E-state index contributed by atoms with van der Waals surface area (Å²) in [6, 6.07) is 14.5. The summed E-state index contributed by atoms with van der Waals surface area (Å²) in [4.78, 5) is 29.1. The second kappa shape index (κ2) is 7.49. The first-order valence-corrected chi connectivity index (χ1v) is 9.34. The van der Waals surface area contributed by atoms with Crippen LogP contribution >= 0.6 is 0 Å². The van der Waals surface area contributed by atoms with Crippen LogP contribution in [0.1, 0.15) is 51.5 Å². The molecular formula is C23H27N2O2+. The maximum absolute atomic E-state index is 13.0. The number of nitrogens with one attached hydrogen (secondary N) is 2. The van der Waals surface area contributed by atoms with Crippen molar-refractivity contribution in [2.24, 2.45) is 0 Å². The van der Waals surface area contributed by atoms with Crippen molar-refractivity contribution in [1.82, 2.24) is 4.98 Å². The Bertz CT molecular complexity index is 1020. The van der Waals surface area contributed by atoms with E-state index < -0.39 is 0 Å². The number of fused-ring (bicyclic) bond motifs is 1. The fraction of sp³-hybridized carbons (Fsp3) is 0.304. The van der Waals surface area contributed by atoms with Crippen molar-refractivity contribution in [3.8, 4) is 0 Å². The topological polar surface area (TPSA) is 54.4 Å². The summed E-state index contributed by atoms with van der Waals surface area (Å²) in [5.74, 6) is 0.0335. The molecule has 140 valence electrons. The van der Waals surface area contributed by atoms with E-state index in [0.29, 0.717) is 11.3 Å². The van der Waals surface area contributed by atoms with Crippen molar-refractivity contribution in [3.63, 3.8) is 0 Å². The molecule has 3 rings (SSSR count). The Kier molecular flexibility index (Phi) is 5.29. The van der Waals surface area contributed by atoms with E-state index in [-0.39, 0.29) is 17.6 Å². The first kappa shape index (κ1) is 19.1. The van der Waals surface area contributed by atoms with Crippen LogP contribution in [0.15, 0.2) is 42.5 Å². The van der Waals surface area contributed by atoms with Gasteiger partial charge in [-0.25, -0.2) is 0 Å². The van der Waals surface area contributed by atoms with Crippen LogP contribution in [0, 0.1) is 13.8 Å². The number of hydrogen-bond acceptors (Lipinski definition) is 2. The van der Waals surface area contributed by atoms with Gasteiger partial charge in [-0.2, -0.15) is 0 Å². The Morgan fingerprint density at radius 1 is 1.07 bits per heavy atom. The molecule has 0 aliphatic rings. The van der Waals surface area contributed by atoms with E-state index in [2.05, 4.69) is 35.3 Å². The van der Waals surface area contributed by atoms with E-state index in [0.717, 1.165) is 22.7 Å². The fourth-order valence-corrected chi connectivity index (χ4v) is 3.79. The molecule has 4 heteroatoms. The van der Waals surface area contributed by atoms with Gasteiger partial charge in [0.2, 0.25) is 5.78 Å². The summed E-state index contributed by atoms with van der Waals surface area (Å²) in [7, 11) is 2.04. The number of carbonyl (C=O) groups is 2. The van der Waals surface area contributed by atoms with E-state index in [9.17, 15) is 9.59 Å². The highest BCUT2D eigenvalue weighted by Gasteiger charge is 2.28. The van der Waals surface area contributed by atoms with Gasteiger partial charge in [0, 0.05) is 16.8 Å². The van der Waals surface area contributed by atoms with Crippen molar-refractivity contribution in [1.29, 1.82) is 0 Å². The minimum atomic E-state index is -0.215. The number of hydrogen-bond donors (Lipinski definition) is 2. The average Bonchev–Trinajstić information content (AvgIpc) is 2.94. The summed E-state index contributed by atoms with van der Waals surface area (Å²) in [5.41, 5.74) is 3.92. The first-order chi connectivity index (χ1) is 12.8. The number of benzene rings is 2. The number of carbonyl (C=O) groups excluding carboxylic acids is 2. The number of Topliss-reactive ketones (excluding diaryl/α,β-unsaturated/α-hetero) is 2. The normalized spacial score (nSPS) is 13.5. The Hall–Kier alpha value is -2.72. The molecule has 1 unspecified atom stereocenters. The third-order valence-corrected chi connectivity index (χ3v) is 5.47. The Labute approximate surface area is 160 Å². The van der Waals surface area contributed by atoms with Gasteiger partial charge in [-0.1, -0.05) is 36.4 Å². The van der Waals surface area contributed by atoms with E-state index >= 15 is 0 Å². The number of aromatic nitrogens is 1. The van der Waals surface area contributed by atoms with E-state index in [1.165, 1.54) is 23.3 Å². The number of ketones is 2. The van der Waals surface area contributed by atoms with Gasteiger partial charge >= 0.3 is 0 Å².